The highest BCUT2D eigenvalue weighted by Crippen LogP contribution is 2.23. The summed E-state index contributed by atoms with van der Waals surface area (Å²) in [5, 5.41) is 0. The quantitative estimate of drug-likeness (QED) is 0.599. The Labute approximate surface area is 73.9 Å². The van der Waals surface area contributed by atoms with Crippen LogP contribution in [-0.4, -0.2) is 19.0 Å². The molecule has 0 radical (unpaired) electrons. The second-order valence-corrected chi connectivity index (χ2v) is 2.67. The van der Waals surface area contributed by atoms with Crippen LogP contribution in [0.15, 0.2) is 24.3 Å². The van der Waals surface area contributed by atoms with Crippen molar-refractivity contribution in [2.24, 2.45) is 0 Å². The topological polar surface area (TPSA) is 18.5 Å². The lowest BCUT2D eigenvalue weighted by Gasteiger charge is -2.30. The maximum absolute atomic E-state index is 5.55. The van der Waals surface area contributed by atoms with E-state index in [4.69, 9.17) is 9.47 Å². The first-order valence-electron chi connectivity index (χ1n) is 4.45. The molecule has 0 amide bonds. The molecule has 12 heavy (non-hydrogen) atoms. The predicted octanol–water partition coefficient (Wildman–Crippen LogP) is 2.27. The zero-order valence-electron chi connectivity index (χ0n) is 7.75. The lowest BCUT2D eigenvalue weighted by molar-refractivity contribution is -0.197. The van der Waals surface area contributed by atoms with E-state index in [9.17, 15) is 0 Å². The van der Waals surface area contributed by atoms with Crippen LogP contribution in [0.4, 0.5) is 0 Å². The molecule has 2 nitrogen and oxygen atoms in total. The van der Waals surface area contributed by atoms with Crippen LogP contribution in [0.25, 0.3) is 0 Å². The van der Waals surface area contributed by atoms with Gasteiger partial charge in [0.2, 0.25) is 0 Å². The Hall–Kier alpha value is -0.600. The molecule has 0 saturated carbocycles. The van der Waals surface area contributed by atoms with Gasteiger partial charge < -0.3 is 9.47 Å². The molecule has 0 bridgehead atoms. The van der Waals surface area contributed by atoms with Crippen molar-refractivity contribution >= 4 is 0 Å². The second-order valence-electron chi connectivity index (χ2n) is 2.67. The third-order valence-corrected chi connectivity index (χ3v) is 1.78. The molecular formula is C10H16O2. The molecule has 0 atom stereocenters. The molecule has 1 aliphatic rings. The molecule has 1 rings (SSSR count). The summed E-state index contributed by atoms with van der Waals surface area (Å²) in [6.45, 7) is 5.32. The van der Waals surface area contributed by atoms with E-state index in [1.165, 1.54) is 0 Å². The molecule has 0 fully saturated rings. The van der Waals surface area contributed by atoms with Gasteiger partial charge in [0.25, 0.3) is 0 Å². The Bertz CT molecular complexity index is 176. The Morgan fingerprint density at radius 1 is 1.17 bits per heavy atom. The molecule has 2 heteroatoms. The molecule has 0 aromatic heterocycles. The summed E-state index contributed by atoms with van der Waals surface area (Å²) in [6, 6.07) is 0. The summed E-state index contributed by atoms with van der Waals surface area (Å²) in [5.74, 6) is -0.488. The van der Waals surface area contributed by atoms with E-state index in [0.29, 0.717) is 13.2 Å². The number of allylic oxidation sites excluding steroid dienone is 2. The van der Waals surface area contributed by atoms with Gasteiger partial charge in [-0.2, -0.15) is 0 Å². The number of hydrogen-bond donors (Lipinski definition) is 0. The monoisotopic (exact) mass is 168 g/mol. The summed E-state index contributed by atoms with van der Waals surface area (Å²) in [4.78, 5) is 0. The molecule has 0 aromatic carbocycles. The molecule has 0 saturated heterocycles. The number of rotatable bonds is 4. The van der Waals surface area contributed by atoms with Crippen LogP contribution in [0, 0.1) is 0 Å². The zero-order chi connectivity index (χ0) is 8.86. The van der Waals surface area contributed by atoms with Gasteiger partial charge in [-0.3, -0.25) is 0 Å². The van der Waals surface area contributed by atoms with Crippen LogP contribution in [-0.2, 0) is 9.47 Å². The van der Waals surface area contributed by atoms with Crippen LogP contribution < -0.4 is 0 Å². The van der Waals surface area contributed by atoms with E-state index in [2.05, 4.69) is 6.08 Å². The molecule has 68 valence electrons. The third-order valence-electron chi connectivity index (χ3n) is 1.78. The lowest BCUT2D eigenvalue weighted by atomic mass is 10.1. The van der Waals surface area contributed by atoms with Crippen molar-refractivity contribution in [3.05, 3.63) is 24.3 Å². The van der Waals surface area contributed by atoms with E-state index < -0.39 is 5.79 Å². The molecule has 0 N–H and O–H groups in total. The van der Waals surface area contributed by atoms with Crippen molar-refractivity contribution in [2.75, 3.05) is 13.2 Å². The zero-order valence-corrected chi connectivity index (χ0v) is 7.75. The first-order chi connectivity index (χ1) is 5.83. The highest BCUT2D eigenvalue weighted by Gasteiger charge is 2.27. The highest BCUT2D eigenvalue weighted by atomic mass is 16.7. The Morgan fingerprint density at radius 2 is 1.83 bits per heavy atom. The van der Waals surface area contributed by atoms with Crippen LogP contribution in [0.1, 0.15) is 20.3 Å². The molecular weight excluding hydrogens is 152 g/mol. The average molecular weight is 168 g/mol. The van der Waals surface area contributed by atoms with Gasteiger partial charge in [0.15, 0.2) is 5.79 Å². The minimum Gasteiger partial charge on any atom is -0.346 e. The fraction of sp³-hybridized carbons (Fsp3) is 0.600. The van der Waals surface area contributed by atoms with Gasteiger partial charge in [-0.05, 0) is 19.9 Å². The van der Waals surface area contributed by atoms with Crippen LogP contribution in [0.5, 0.6) is 0 Å². The van der Waals surface area contributed by atoms with Gasteiger partial charge in [0, 0.05) is 19.6 Å². The Balaban J connectivity index is 2.59. The van der Waals surface area contributed by atoms with Crippen molar-refractivity contribution in [3.63, 3.8) is 0 Å². The normalized spacial score (nSPS) is 19.8. The summed E-state index contributed by atoms with van der Waals surface area (Å²) >= 11 is 0. The van der Waals surface area contributed by atoms with Gasteiger partial charge in [0.1, 0.15) is 0 Å². The van der Waals surface area contributed by atoms with E-state index in [1.807, 2.05) is 32.1 Å². The second kappa shape index (κ2) is 4.43. The fourth-order valence-electron chi connectivity index (χ4n) is 1.33. The van der Waals surface area contributed by atoms with E-state index in [-0.39, 0.29) is 0 Å². The van der Waals surface area contributed by atoms with Crippen molar-refractivity contribution in [2.45, 2.75) is 26.1 Å². The molecule has 1 aliphatic carbocycles. The van der Waals surface area contributed by atoms with Crippen LogP contribution in [0.3, 0.4) is 0 Å². The van der Waals surface area contributed by atoms with E-state index in [0.717, 1.165) is 6.42 Å². The molecule has 0 aliphatic heterocycles. The van der Waals surface area contributed by atoms with E-state index >= 15 is 0 Å². The van der Waals surface area contributed by atoms with Crippen molar-refractivity contribution in [3.8, 4) is 0 Å². The van der Waals surface area contributed by atoms with Crippen LogP contribution in [0.2, 0.25) is 0 Å². The predicted molar refractivity (Wildman–Crippen MR) is 48.9 cm³/mol. The maximum Gasteiger partial charge on any atom is 0.191 e. The lowest BCUT2D eigenvalue weighted by Crippen LogP contribution is -2.34. The number of ether oxygens (including phenoxy) is 2. The van der Waals surface area contributed by atoms with E-state index in [1.54, 1.807) is 0 Å². The summed E-state index contributed by atoms with van der Waals surface area (Å²) < 4.78 is 11.1. The average Bonchev–Trinajstić information content (AvgIpc) is 2.07. The smallest absolute Gasteiger partial charge is 0.191 e. The van der Waals surface area contributed by atoms with Gasteiger partial charge >= 0.3 is 0 Å². The van der Waals surface area contributed by atoms with Crippen molar-refractivity contribution in [1.82, 2.24) is 0 Å². The van der Waals surface area contributed by atoms with Gasteiger partial charge in [-0.15, -0.1) is 0 Å². The molecule has 0 unspecified atom stereocenters. The maximum atomic E-state index is 5.55. The minimum atomic E-state index is -0.488. The van der Waals surface area contributed by atoms with Gasteiger partial charge in [0.05, 0.1) is 0 Å². The number of hydrogen-bond acceptors (Lipinski definition) is 2. The first-order valence-corrected chi connectivity index (χ1v) is 4.45. The fourth-order valence-corrected chi connectivity index (χ4v) is 1.33. The standard InChI is InChI=1S/C10H16O2/c1-3-11-10(12-4-2)8-6-5-7-9-10/h5-8H,3-4,9H2,1-2H3. The summed E-state index contributed by atoms with van der Waals surface area (Å²) in [7, 11) is 0. The molecule has 0 spiro atoms. The van der Waals surface area contributed by atoms with Gasteiger partial charge in [-0.25, -0.2) is 0 Å². The highest BCUT2D eigenvalue weighted by molar-refractivity contribution is 5.15. The largest absolute Gasteiger partial charge is 0.346 e. The minimum absolute atomic E-state index is 0.488. The third kappa shape index (κ3) is 2.19. The summed E-state index contributed by atoms with van der Waals surface area (Å²) in [6.07, 6.45) is 8.82. The molecule has 0 heterocycles. The Kier molecular flexibility index (Phi) is 3.50. The first kappa shape index (κ1) is 9.49. The SMILES string of the molecule is CCOC1(OCC)C=CC=CC1. The van der Waals surface area contributed by atoms with Crippen molar-refractivity contribution in [1.29, 1.82) is 0 Å². The van der Waals surface area contributed by atoms with Gasteiger partial charge in [-0.1, -0.05) is 18.2 Å². The van der Waals surface area contributed by atoms with Crippen LogP contribution >= 0.6 is 0 Å². The van der Waals surface area contributed by atoms with Crippen molar-refractivity contribution < 1.29 is 9.47 Å². The summed E-state index contributed by atoms with van der Waals surface area (Å²) in [5.41, 5.74) is 0. The molecule has 0 aromatic rings. The Morgan fingerprint density at radius 3 is 2.25 bits per heavy atom.